The Kier molecular flexibility index (Phi) is 3.23. The molecule has 1 N–H and O–H groups in total. The highest BCUT2D eigenvalue weighted by atomic mass is 14.7. The van der Waals surface area contributed by atoms with Gasteiger partial charge in [0.25, 0.3) is 0 Å². The van der Waals surface area contributed by atoms with Crippen LogP contribution in [-0.2, 0) is 6.42 Å². The molecule has 2 aromatic rings. The minimum Gasteiger partial charge on any atom is -0.365 e. The number of H-pyrrole nitrogens is 1. The van der Waals surface area contributed by atoms with E-state index in [1.165, 1.54) is 17.7 Å². The van der Waals surface area contributed by atoms with Crippen LogP contribution in [0.1, 0.15) is 30.5 Å². The summed E-state index contributed by atoms with van der Waals surface area (Å²) in [6, 6.07) is 14.9. The average molecular weight is 199 g/mol. The molecule has 1 unspecified atom stereocenters. The molecule has 1 heteroatoms. The lowest BCUT2D eigenvalue weighted by Gasteiger charge is -2.13. The third-order valence-electron chi connectivity index (χ3n) is 2.88. The van der Waals surface area contributed by atoms with Crippen molar-refractivity contribution in [3.8, 4) is 0 Å². The third-order valence-corrected chi connectivity index (χ3v) is 2.88. The maximum atomic E-state index is 3.31. The molecule has 0 aliphatic heterocycles. The molecule has 15 heavy (non-hydrogen) atoms. The van der Waals surface area contributed by atoms with Crippen molar-refractivity contribution in [3.05, 3.63) is 59.9 Å². The zero-order valence-electron chi connectivity index (χ0n) is 9.11. The largest absolute Gasteiger partial charge is 0.365 e. The lowest BCUT2D eigenvalue weighted by atomic mass is 9.94. The van der Waals surface area contributed by atoms with E-state index in [-0.39, 0.29) is 0 Å². The molecule has 1 heterocycles. The van der Waals surface area contributed by atoms with Crippen LogP contribution in [-0.4, -0.2) is 4.98 Å². The molecule has 0 spiro atoms. The quantitative estimate of drug-likeness (QED) is 0.771. The van der Waals surface area contributed by atoms with Crippen LogP contribution < -0.4 is 0 Å². The Hall–Kier alpha value is -1.50. The van der Waals surface area contributed by atoms with Gasteiger partial charge in [0.1, 0.15) is 0 Å². The lowest BCUT2D eigenvalue weighted by molar-refractivity contribution is 0.644. The standard InChI is InChI=1S/C14H17N/c1-2-13(14-9-6-10-15-14)11-12-7-4-3-5-8-12/h3-10,13,15H,2,11H2,1H3. The minimum atomic E-state index is 0.613. The van der Waals surface area contributed by atoms with E-state index in [4.69, 9.17) is 0 Å². The van der Waals surface area contributed by atoms with E-state index in [0.29, 0.717) is 5.92 Å². The Bertz CT molecular complexity index is 375. The highest BCUT2D eigenvalue weighted by Gasteiger charge is 2.10. The van der Waals surface area contributed by atoms with E-state index < -0.39 is 0 Å². The summed E-state index contributed by atoms with van der Waals surface area (Å²) in [7, 11) is 0. The highest BCUT2D eigenvalue weighted by Crippen LogP contribution is 2.22. The van der Waals surface area contributed by atoms with Crippen molar-refractivity contribution >= 4 is 0 Å². The molecule has 0 radical (unpaired) electrons. The number of hydrogen-bond acceptors (Lipinski definition) is 0. The van der Waals surface area contributed by atoms with E-state index >= 15 is 0 Å². The van der Waals surface area contributed by atoms with Gasteiger partial charge in [0.15, 0.2) is 0 Å². The van der Waals surface area contributed by atoms with Crippen LogP contribution in [0.2, 0.25) is 0 Å². The van der Waals surface area contributed by atoms with Crippen molar-refractivity contribution in [1.29, 1.82) is 0 Å². The first kappa shape index (κ1) is 10.0. The molecule has 0 fully saturated rings. The van der Waals surface area contributed by atoms with Gasteiger partial charge in [-0.3, -0.25) is 0 Å². The molecule has 1 atom stereocenters. The van der Waals surface area contributed by atoms with Crippen LogP contribution in [0.25, 0.3) is 0 Å². The van der Waals surface area contributed by atoms with Crippen LogP contribution in [0, 0.1) is 0 Å². The second-order valence-corrected chi connectivity index (χ2v) is 3.92. The normalized spacial score (nSPS) is 12.6. The molecule has 1 aromatic heterocycles. The van der Waals surface area contributed by atoms with E-state index in [1.807, 2.05) is 6.20 Å². The third kappa shape index (κ3) is 2.50. The van der Waals surface area contributed by atoms with Gasteiger partial charge in [-0.1, -0.05) is 37.3 Å². The molecule has 2 rings (SSSR count). The second-order valence-electron chi connectivity index (χ2n) is 3.92. The van der Waals surface area contributed by atoms with Crippen LogP contribution in [0.15, 0.2) is 48.7 Å². The van der Waals surface area contributed by atoms with Crippen molar-refractivity contribution in [1.82, 2.24) is 4.98 Å². The molecular formula is C14H17N. The van der Waals surface area contributed by atoms with Crippen LogP contribution in [0.4, 0.5) is 0 Å². The maximum absolute atomic E-state index is 3.31. The van der Waals surface area contributed by atoms with Gasteiger partial charge in [-0.15, -0.1) is 0 Å². The Morgan fingerprint density at radius 2 is 1.87 bits per heavy atom. The Morgan fingerprint density at radius 1 is 1.07 bits per heavy atom. The summed E-state index contributed by atoms with van der Waals surface area (Å²) in [5.74, 6) is 0.613. The molecular weight excluding hydrogens is 182 g/mol. The van der Waals surface area contributed by atoms with Crippen molar-refractivity contribution in [2.24, 2.45) is 0 Å². The highest BCUT2D eigenvalue weighted by molar-refractivity contribution is 5.19. The molecule has 78 valence electrons. The topological polar surface area (TPSA) is 15.8 Å². The molecule has 0 aliphatic carbocycles. The van der Waals surface area contributed by atoms with E-state index in [1.54, 1.807) is 0 Å². The predicted octanol–water partition coefficient (Wildman–Crippen LogP) is 3.75. The summed E-state index contributed by atoms with van der Waals surface area (Å²) in [4.78, 5) is 3.31. The monoisotopic (exact) mass is 199 g/mol. The average Bonchev–Trinajstić information content (AvgIpc) is 2.81. The lowest BCUT2D eigenvalue weighted by Crippen LogP contribution is -2.01. The number of benzene rings is 1. The zero-order chi connectivity index (χ0) is 10.5. The Morgan fingerprint density at radius 3 is 2.47 bits per heavy atom. The van der Waals surface area contributed by atoms with Crippen LogP contribution in [0.3, 0.4) is 0 Å². The number of hydrogen-bond donors (Lipinski definition) is 1. The smallest absolute Gasteiger partial charge is 0.0181 e. The number of nitrogens with one attached hydrogen (secondary N) is 1. The first-order valence-corrected chi connectivity index (χ1v) is 5.57. The van der Waals surface area contributed by atoms with Gasteiger partial charge < -0.3 is 4.98 Å². The summed E-state index contributed by atoms with van der Waals surface area (Å²) in [5, 5.41) is 0. The van der Waals surface area contributed by atoms with Crippen molar-refractivity contribution in [2.45, 2.75) is 25.7 Å². The summed E-state index contributed by atoms with van der Waals surface area (Å²) in [6.45, 7) is 2.24. The Labute approximate surface area is 91.2 Å². The first-order valence-electron chi connectivity index (χ1n) is 5.57. The molecule has 0 amide bonds. The maximum Gasteiger partial charge on any atom is 0.0181 e. The molecule has 1 aromatic carbocycles. The van der Waals surface area contributed by atoms with Gasteiger partial charge in [-0.05, 0) is 30.5 Å². The van der Waals surface area contributed by atoms with Gasteiger partial charge in [-0.25, -0.2) is 0 Å². The van der Waals surface area contributed by atoms with E-state index in [9.17, 15) is 0 Å². The summed E-state index contributed by atoms with van der Waals surface area (Å²) in [6.07, 6.45) is 4.30. The number of aromatic amines is 1. The fourth-order valence-corrected chi connectivity index (χ4v) is 1.97. The van der Waals surface area contributed by atoms with Gasteiger partial charge in [0, 0.05) is 17.8 Å². The summed E-state index contributed by atoms with van der Waals surface area (Å²) < 4.78 is 0. The fourth-order valence-electron chi connectivity index (χ4n) is 1.97. The predicted molar refractivity (Wildman–Crippen MR) is 64.0 cm³/mol. The fraction of sp³-hybridized carbons (Fsp3) is 0.286. The van der Waals surface area contributed by atoms with Gasteiger partial charge in [0.2, 0.25) is 0 Å². The van der Waals surface area contributed by atoms with Gasteiger partial charge in [0.05, 0.1) is 0 Å². The first-order chi connectivity index (χ1) is 7.40. The number of rotatable bonds is 4. The zero-order valence-corrected chi connectivity index (χ0v) is 9.11. The summed E-state index contributed by atoms with van der Waals surface area (Å²) >= 11 is 0. The molecule has 1 nitrogen and oxygen atoms in total. The van der Waals surface area contributed by atoms with Gasteiger partial charge >= 0.3 is 0 Å². The number of aromatic nitrogens is 1. The van der Waals surface area contributed by atoms with E-state index in [2.05, 4.69) is 54.4 Å². The van der Waals surface area contributed by atoms with Gasteiger partial charge in [-0.2, -0.15) is 0 Å². The molecule has 0 saturated carbocycles. The SMILES string of the molecule is CCC(Cc1ccccc1)c1ccc[nH]1. The van der Waals surface area contributed by atoms with Crippen molar-refractivity contribution in [3.63, 3.8) is 0 Å². The molecule has 0 bridgehead atoms. The van der Waals surface area contributed by atoms with Crippen LogP contribution in [0.5, 0.6) is 0 Å². The second kappa shape index (κ2) is 4.83. The Balaban J connectivity index is 2.10. The van der Waals surface area contributed by atoms with Crippen molar-refractivity contribution < 1.29 is 0 Å². The molecule has 0 saturated heterocycles. The van der Waals surface area contributed by atoms with Crippen molar-refractivity contribution in [2.75, 3.05) is 0 Å². The molecule has 0 aliphatic rings. The van der Waals surface area contributed by atoms with Crippen LogP contribution >= 0.6 is 0 Å². The summed E-state index contributed by atoms with van der Waals surface area (Å²) in [5.41, 5.74) is 2.76. The minimum absolute atomic E-state index is 0.613. The van der Waals surface area contributed by atoms with E-state index in [0.717, 1.165) is 6.42 Å².